The molecule has 0 aromatic heterocycles. The van der Waals surface area contributed by atoms with Gasteiger partial charge in [0.15, 0.2) is 5.96 Å². The van der Waals surface area contributed by atoms with Crippen LogP contribution in [0.1, 0.15) is 44.7 Å². The summed E-state index contributed by atoms with van der Waals surface area (Å²) in [5, 5.41) is 6.95. The zero-order valence-corrected chi connectivity index (χ0v) is 18.4. The van der Waals surface area contributed by atoms with Crippen LogP contribution in [0.15, 0.2) is 29.3 Å². The van der Waals surface area contributed by atoms with Gasteiger partial charge in [0.1, 0.15) is 0 Å². The Hall–Kier alpha value is -2.28. The number of guanidine groups is 1. The molecule has 0 bridgehead atoms. The molecule has 2 N–H and O–H groups in total. The van der Waals surface area contributed by atoms with E-state index in [0.29, 0.717) is 25.7 Å². The van der Waals surface area contributed by atoms with Gasteiger partial charge >= 0.3 is 6.09 Å². The number of rotatable bonds is 8. The normalized spacial score (nSPS) is 15.5. The topological polar surface area (TPSA) is 69.2 Å². The summed E-state index contributed by atoms with van der Waals surface area (Å²) in [5.74, 6) is 0.803. The third-order valence-corrected chi connectivity index (χ3v) is 5.44. The molecule has 7 heteroatoms. The molecule has 0 saturated carbocycles. The van der Waals surface area contributed by atoms with Gasteiger partial charge in [-0.1, -0.05) is 38.1 Å². The zero-order valence-electron chi connectivity index (χ0n) is 18.4. The molecule has 1 fully saturated rings. The van der Waals surface area contributed by atoms with E-state index in [1.165, 1.54) is 11.1 Å². The van der Waals surface area contributed by atoms with Crippen molar-refractivity contribution in [1.82, 2.24) is 20.4 Å². The average molecular weight is 404 g/mol. The maximum Gasteiger partial charge on any atom is 0.409 e. The Kier molecular flexibility index (Phi) is 9.77. The van der Waals surface area contributed by atoms with Crippen LogP contribution >= 0.6 is 0 Å². The maximum absolute atomic E-state index is 11.8. The molecular formula is C22H37N5O2. The van der Waals surface area contributed by atoms with Crippen molar-refractivity contribution in [2.45, 2.75) is 52.7 Å². The molecule has 0 radical (unpaired) electrons. The Morgan fingerprint density at radius 3 is 2.41 bits per heavy atom. The molecule has 1 aliphatic heterocycles. The summed E-state index contributed by atoms with van der Waals surface area (Å²) in [7, 11) is 1.80. The summed E-state index contributed by atoms with van der Waals surface area (Å²) in [6.07, 6.45) is 1.56. The number of hydrogen-bond acceptors (Lipinski definition) is 4. The average Bonchev–Trinajstić information content (AvgIpc) is 2.76. The Labute approximate surface area is 175 Å². The number of carbonyl (C=O) groups excluding carboxylic acids is 1. The van der Waals surface area contributed by atoms with Gasteiger partial charge in [-0.25, -0.2) is 4.79 Å². The summed E-state index contributed by atoms with van der Waals surface area (Å²) in [6, 6.07) is 8.88. The highest BCUT2D eigenvalue weighted by Crippen LogP contribution is 2.13. The van der Waals surface area contributed by atoms with Gasteiger partial charge in [-0.15, -0.1) is 0 Å². The molecule has 7 nitrogen and oxygen atoms in total. The lowest BCUT2D eigenvalue weighted by Gasteiger charge is -2.32. The first kappa shape index (κ1) is 23.0. The summed E-state index contributed by atoms with van der Waals surface area (Å²) >= 11 is 0. The van der Waals surface area contributed by atoms with Crippen LogP contribution in [0.5, 0.6) is 0 Å². The molecule has 1 aromatic carbocycles. The van der Waals surface area contributed by atoms with Crippen LogP contribution in [0, 0.1) is 0 Å². The SMILES string of the molecule is CCOC(=O)N1CCC(NC(=NC)NCc2ccccc2CN(CC)CC)CC1. The summed E-state index contributed by atoms with van der Waals surface area (Å²) in [6.45, 7) is 11.9. The van der Waals surface area contributed by atoms with E-state index in [0.717, 1.165) is 45.0 Å². The summed E-state index contributed by atoms with van der Waals surface area (Å²) in [4.78, 5) is 20.4. The van der Waals surface area contributed by atoms with Crippen molar-refractivity contribution in [2.24, 2.45) is 4.99 Å². The number of benzene rings is 1. The van der Waals surface area contributed by atoms with E-state index >= 15 is 0 Å². The highest BCUT2D eigenvalue weighted by Gasteiger charge is 2.24. The predicted molar refractivity (Wildman–Crippen MR) is 118 cm³/mol. The van der Waals surface area contributed by atoms with E-state index in [9.17, 15) is 4.79 Å². The minimum Gasteiger partial charge on any atom is -0.450 e. The second kappa shape index (κ2) is 12.3. The largest absolute Gasteiger partial charge is 0.450 e. The minimum atomic E-state index is -0.210. The van der Waals surface area contributed by atoms with E-state index in [2.05, 4.69) is 58.6 Å². The first-order chi connectivity index (χ1) is 14.1. The Morgan fingerprint density at radius 2 is 1.83 bits per heavy atom. The first-order valence-electron chi connectivity index (χ1n) is 10.8. The lowest BCUT2D eigenvalue weighted by atomic mass is 10.1. The predicted octanol–water partition coefficient (Wildman–Crippen LogP) is 2.81. The van der Waals surface area contributed by atoms with E-state index in [1.807, 2.05) is 6.92 Å². The van der Waals surface area contributed by atoms with Gasteiger partial charge in [0, 0.05) is 39.3 Å². The van der Waals surface area contributed by atoms with Crippen molar-refractivity contribution < 1.29 is 9.53 Å². The van der Waals surface area contributed by atoms with Crippen LogP contribution in [-0.2, 0) is 17.8 Å². The fourth-order valence-electron chi connectivity index (χ4n) is 3.56. The van der Waals surface area contributed by atoms with E-state index in [-0.39, 0.29) is 6.09 Å². The quantitative estimate of drug-likeness (QED) is 0.516. The number of carbonyl (C=O) groups is 1. The third-order valence-electron chi connectivity index (χ3n) is 5.44. The second-order valence-electron chi connectivity index (χ2n) is 7.26. The number of nitrogens with one attached hydrogen (secondary N) is 2. The Morgan fingerprint density at radius 1 is 1.17 bits per heavy atom. The molecule has 0 atom stereocenters. The lowest BCUT2D eigenvalue weighted by molar-refractivity contribution is 0.0963. The number of aliphatic imine (C=N–C) groups is 1. The van der Waals surface area contributed by atoms with Crippen LogP contribution < -0.4 is 10.6 Å². The van der Waals surface area contributed by atoms with E-state index < -0.39 is 0 Å². The smallest absolute Gasteiger partial charge is 0.409 e. The van der Waals surface area contributed by atoms with Crippen molar-refractivity contribution in [3.05, 3.63) is 35.4 Å². The van der Waals surface area contributed by atoms with Gasteiger partial charge in [-0.3, -0.25) is 9.89 Å². The molecule has 1 aliphatic rings. The number of nitrogens with zero attached hydrogens (tertiary/aromatic N) is 3. The molecule has 1 amide bonds. The summed E-state index contributed by atoms with van der Waals surface area (Å²) < 4.78 is 5.09. The second-order valence-corrected chi connectivity index (χ2v) is 7.26. The highest BCUT2D eigenvalue weighted by atomic mass is 16.6. The van der Waals surface area contributed by atoms with Crippen LogP contribution in [0.3, 0.4) is 0 Å². The van der Waals surface area contributed by atoms with E-state index in [4.69, 9.17) is 4.74 Å². The monoisotopic (exact) mass is 403 g/mol. The maximum atomic E-state index is 11.8. The molecule has 0 aliphatic carbocycles. The van der Waals surface area contributed by atoms with Crippen LogP contribution in [0.25, 0.3) is 0 Å². The number of amides is 1. The standard InChI is InChI=1S/C22H37N5O2/c1-5-26(6-2)17-19-11-9-8-10-18(19)16-24-21(23-4)25-20-12-14-27(15-13-20)22(28)29-7-3/h8-11,20H,5-7,12-17H2,1-4H3,(H2,23,24,25). The fourth-order valence-corrected chi connectivity index (χ4v) is 3.56. The molecule has 1 aromatic rings. The van der Waals surface area contributed by atoms with Gasteiger partial charge < -0.3 is 20.3 Å². The van der Waals surface area contributed by atoms with Crippen LogP contribution in [-0.4, -0.2) is 67.7 Å². The number of hydrogen-bond donors (Lipinski definition) is 2. The molecule has 0 spiro atoms. The van der Waals surface area contributed by atoms with Crippen molar-refractivity contribution in [2.75, 3.05) is 39.8 Å². The molecule has 29 heavy (non-hydrogen) atoms. The molecule has 2 rings (SSSR count). The highest BCUT2D eigenvalue weighted by molar-refractivity contribution is 5.80. The van der Waals surface area contributed by atoms with Crippen molar-refractivity contribution >= 4 is 12.1 Å². The van der Waals surface area contributed by atoms with Gasteiger partial charge in [0.2, 0.25) is 0 Å². The third kappa shape index (κ3) is 7.24. The molecule has 0 unspecified atom stereocenters. The van der Waals surface area contributed by atoms with Crippen molar-refractivity contribution in [3.8, 4) is 0 Å². The van der Waals surface area contributed by atoms with Gasteiger partial charge in [0.05, 0.1) is 6.61 Å². The van der Waals surface area contributed by atoms with Crippen molar-refractivity contribution in [1.29, 1.82) is 0 Å². The number of piperidine rings is 1. The van der Waals surface area contributed by atoms with Gasteiger partial charge in [0.25, 0.3) is 0 Å². The number of ether oxygens (including phenoxy) is 1. The van der Waals surface area contributed by atoms with Crippen molar-refractivity contribution in [3.63, 3.8) is 0 Å². The van der Waals surface area contributed by atoms with Gasteiger partial charge in [-0.05, 0) is 44.0 Å². The molecule has 162 valence electrons. The Bertz CT molecular complexity index is 652. The van der Waals surface area contributed by atoms with Gasteiger partial charge in [-0.2, -0.15) is 0 Å². The van der Waals surface area contributed by atoms with Crippen LogP contribution in [0.4, 0.5) is 4.79 Å². The minimum absolute atomic E-state index is 0.210. The molecule has 1 saturated heterocycles. The Balaban J connectivity index is 1.85. The number of likely N-dealkylation sites (tertiary alicyclic amines) is 1. The zero-order chi connectivity index (χ0) is 21.1. The summed E-state index contributed by atoms with van der Waals surface area (Å²) in [5.41, 5.74) is 2.64. The first-order valence-corrected chi connectivity index (χ1v) is 10.8. The fraction of sp³-hybridized carbons (Fsp3) is 0.636. The lowest BCUT2D eigenvalue weighted by Crippen LogP contribution is -2.49. The molecular weight excluding hydrogens is 366 g/mol. The van der Waals surface area contributed by atoms with Crippen LogP contribution in [0.2, 0.25) is 0 Å². The van der Waals surface area contributed by atoms with E-state index in [1.54, 1.807) is 11.9 Å². The molecule has 1 heterocycles.